The van der Waals surface area contributed by atoms with Gasteiger partial charge in [0.1, 0.15) is 5.42 Å². The van der Waals surface area contributed by atoms with Gasteiger partial charge in [-0.15, -0.1) is 0 Å². The molecule has 0 atom stereocenters. The lowest BCUT2D eigenvalue weighted by Crippen LogP contribution is -2.18. The maximum atomic E-state index is 5.88. The highest BCUT2D eigenvalue weighted by atomic mass is 16.5. The van der Waals surface area contributed by atoms with Crippen LogP contribution in [0, 0.1) is 0 Å². The fraction of sp³-hybridized carbons (Fsp3) is 0.286. The van der Waals surface area contributed by atoms with Gasteiger partial charge in [0, 0.05) is 10.6 Å². The predicted molar refractivity (Wildman–Crippen MR) is 64.8 cm³/mol. The molecule has 0 saturated carbocycles. The number of fused-ring (bicyclic) bond motifs is 3. The van der Waals surface area contributed by atoms with Gasteiger partial charge >= 0.3 is 0 Å². The van der Waals surface area contributed by atoms with Crippen molar-refractivity contribution in [1.29, 1.82) is 0 Å². The molecule has 0 spiro atoms. The largest absolute Gasteiger partial charge is 0.493 e. The van der Waals surface area contributed by atoms with Crippen LogP contribution in [0.4, 0.5) is 0 Å². The molecule has 2 heteroatoms. The molecule has 1 heterocycles. The first-order valence-corrected chi connectivity index (χ1v) is 5.66. The Balaban J connectivity index is 2.47. The Morgan fingerprint density at radius 3 is 2.94 bits per heavy atom. The average Bonchev–Trinajstić information content (AvgIpc) is 2.52. The molecule has 0 radical (unpaired) electrons. The highest BCUT2D eigenvalue weighted by Gasteiger charge is 2.08. The number of benzene rings is 1. The summed E-state index contributed by atoms with van der Waals surface area (Å²) < 4.78 is 11.2. The van der Waals surface area contributed by atoms with Gasteiger partial charge in [-0.3, -0.25) is 0 Å². The zero-order chi connectivity index (χ0) is 11.0. The van der Waals surface area contributed by atoms with Crippen molar-refractivity contribution in [2.24, 2.45) is 0 Å². The van der Waals surface area contributed by atoms with Crippen molar-refractivity contribution < 1.29 is 9.15 Å². The molecule has 16 heavy (non-hydrogen) atoms. The zero-order valence-electron chi connectivity index (χ0n) is 9.32. The standard InChI is InChI=1S/C14H14O2/c1-15-13-9-5-7-11-10-6-3-2-4-8-12(10)16-14(11)13/h5-9H,2-4H2,1H3. The monoisotopic (exact) mass is 214 g/mol. The molecule has 0 amide bonds. The summed E-state index contributed by atoms with van der Waals surface area (Å²) >= 11 is 0. The summed E-state index contributed by atoms with van der Waals surface area (Å²) in [6.07, 6.45) is 7.86. The Hall–Kier alpha value is -1.70. The van der Waals surface area contributed by atoms with Crippen LogP contribution in [0.2, 0.25) is 0 Å². The van der Waals surface area contributed by atoms with E-state index in [2.05, 4.69) is 18.2 Å². The normalized spacial score (nSPS) is 14.8. The van der Waals surface area contributed by atoms with Crippen molar-refractivity contribution in [3.8, 4) is 5.75 Å². The molecule has 2 nitrogen and oxygen atoms in total. The summed E-state index contributed by atoms with van der Waals surface area (Å²) in [6.45, 7) is 0. The van der Waals surface area contributed by atoms with E-state index < -0.39 is 0 Å². The molecule has 82 valence electrons. The number of furan rings is 1. The van der Waals surface area contributed by atoms with Gasteiger partial charge < -0.3 is 9.15 Å². The molecule has 0 unspecified atom stereocenters. The van der Waals surface area contributed by atoms with E-state index in [9.17, 15) is 0 Å². The maximum Gasteiger partial charge on any atom is 0.177 e. The second kappa shape index (κ2) is 3.71. The number of hydrogen-bond donors (Lipinski definition) is 0. The molecule has 1 aliphatic rings. The first-order valence-electron chi connectivity index (χ1n) is 5.66. The Morgan fingerprint density at radius 1 is 1.19 bits per heavy atom. The van der Waals surface area contributed by atoms with E-state index in [0.29, 0.717) is 0 Å². The van der Waals surface area contributed by atoms with Gasteiger partial charge in [-0.05, 0) is 31.4 Å². The van der Waals surface area contributed by atoms with Gasteiger partial charge in [0.25, 0.3) is 0 Å². The number of hydrogen-bond acceptors (Lipinski definition) is 2. The van der Waals surface area contributed by atoms with Crippen LogP contribution in [0.3, 0.4) is 0 Å². The van der Waals surface area contributed by atoms with E-state index in [-0.39, 0.29) is 0 Å². The smallest absolute Gasteiger partial charge is 0.177 e. The molecular weight excluding hydrogens is 200 g/mol. The zero-order valence-corrected chi connectivity index (χ0v) is 9.32. The minimum absolute atomic E-state index is 0.812. The van der Waals surface area contributed by atoms with Crippen molar-refractivity contribution in [2.75, 3.05) is 7.11 Å². The van der Waals surface area contributed by atoms with E-state index in [4.69, 9.17) is 9.15 Å². The fourth-order valence-electron chi connectivity index (χ4n) is 2.25. The highest BCUT2D eigenvalue weighted by Crippen LogP contribution is 2.22. The summed E-state index contributed by atoms with van der Waals surface area (Å²) in [5, 5.41) is 2.39. The third kappa shape index (κ3) is 1.33. The first-order chi connectivity index (χ1) is 7.90. The van der Waals surface area contributed by atoms with Crippen molar-refractivity contribution in [3.05, 3.63) is 28.8 Å². The Kier molecular flexibility index (Phi) is 2.21. The van der Waals surface area contributed by atoms with Crippen LogP contribution in [0.15, 0.2) is 22.6 Å². The lowest BCUT2D eigenvalue weighted by molar-refractivity contribution is 0.408. The lowest BCUT2D eigenvalue weighted by Gasteiger charge is -1.98. The Morgan fingerprint density at radius 2 is 2.06 bits per heavy atom. The third-order valence-corrected chi connectivity index (χ3v) is 3.05. The molecule has 1 aliphatic carbocycles. The van der Waals surface area contributed by atoms with E-state index >= 15 is 0 Å². The number of ether oxygens (including phenoxy) is 1. The van der Waals surface area contributed by atoms with Gasteiger partial charge in [0.15, 0.2) is 11.3 Å². The van der Waals surface area contributed by atoms with Crippen molar-refractivity contribution in [3.63, 3.8) is 0 Å². The Labute approximate surface area is 93.8 Å². The highest BCUT2D eigenvalue weighted by molar-refractivity contribution is 5.84. The summed E-state index contributed by atoms with van der Waals surface area (Å²) in [7, 11) is 1.68. The van der Waals surface area contributed by atoms with Gasteiger partial charge in [-0.1, -0.05) is 18.2 Å². The van der Waals surface area contributed by atoms with Crippen molar-refractivity contribution in [1.82, 2.24) is 0 Å². The van der Waals surface area contributed by atoms with Crippen molar-refractivity contribution >= 4 is 23.1 Å². The molecule has 3 rings (SSSR count). The second-order valence-corrected chi connectivity index (χ2v) is 4.06. The topological polar surface area (TPSA) is 22.4 Å². The van der Waals surface area contributed by atoms with E-state index in [1.165, 1.54) is 11.6 Å². The van der Waals surface area contributed by atoms with Gasteiger partial charge in [-0.25, -0.2) is 0 Å². The van der Waals surface area contributed by atoms with Crippen molar-refractivity contribution in [2.45, 2.75) is 19.3 Å². The minimum Gasteiger partial charge on any atom is -0.493 e. The molecule has 0 aliphatic heterocycles. The average molecular weight is 214 g/mol. The number of para-hydroxylation sites is 1. The van der Waals surface area contributed by atoms with Gasteiger partial charge in [-0.2, -0.15) is 0 Å². The molecule has 1 aromatic carbocycles. The van der Waals surface area contributed by atoms with Crippen LogP contribution >= 0.6 is 0 Å². The molecule has 0 saturated heterocycles. The molecule has 0 bridgehead atoms. The summed E-state index contributed by atoms with van der Waals surface area (Å²) in [5.74, 6) is 0.812. The van der Waals surface area contributed by atoms with Crippen LogP contribution < -0.4 is 15.4 Å². The summed E-state index contributed by atoms with van der Waals surface area (Å²) in [5.41, 5.74) is 1.86. The van der Waals surface area contributed by atoms with E-state index in [0.717, 1.165) is 35.0 Å². The molecule has 0 N–H and O–H groups in total. The van der Waals surface area contributed by atoms with Crippen LogP contribution in [0.25, 0.3) is 23.1 Å². The summed E-state index contributed by atoms with van der Waals surface area (Å²) in [6, 6.07) is 6.04. The van der Waals surface area contributed by atoms with Crippen LogP contribution in [-0.2, 0) is 0 Å². The van der Waals surface area contributed by atoms with E-state index in [1.54, 1.807) is 7.11 Å². The first kappa shape index (κ1) is 9.52. The predicted octanol–water partition coefficient (Wildman–Crippen LogP) is 2.19. The van der Waals surface area contributed by atoms with Gasteiger partial charge in [0.2, 0.25) is 0 Å². The minimum atomic E-state index is 0.812. The quantitative estimate of drug-likeness (QED) is 0.726. The number of methoxy groups -OCH3 is 1. The SMILES string of the molecule is COc1cccc2c3c(oc12)=CCCCC=3. The molecular formula is C14H14O2. The fourth-order valence-corrected chi connectivity index (χ4v) is 2.25. The van der Waals surface area contributed by atoms with Crippen LogP contribution in [0.5, 0.6) is 5.75 Å². The number of rotatable bonds is 1. The second-order valence-electron chi connectivity index (χ2n) is 4.06. The van der Waals surface area contributed by atoms with Crippen LogP contribution in [-0.4, -0.2) is 7.11 Å². The summed E-state index contributed by atoms with van der Waals surface area (Å²) in [4.78, 5) is 0. The Bertz CT molecular complexity index is 635. The van der Waals surface area contributed by atoms with Gasteiger partial charge in [0.05, 0.1) is 7.11 Å². The van der Waals surface area contributed by atoms with E-state index in [1.807, 2.05) is 12.1 Å². The third-order valence-electron chi connectivity index (χ3n) is 3.05. The molecule has 0 fully saturated rings. The van der Waals surface area contributed by atoms with Crippen LogP contribution in [0.1, 0.15) is 19.3 Å². The molecule has 1 aromatic heterocycles. The maximum absolute atomic E-state index is 5.88. The lowest BCUT2D eigenvalue weighted by atomic mass is 10.2. The molecule has 2 aromatic rings.